The minimum Gasteiger partial charge on any atom is -0.316 e. The predicted molar refractivity (Wildman–Crippen MR) is 84.4 cm³/mol. The van der Waals surface area contributed by atoms with Crippen LogP contribution in [0.1, 0.15) is 50.5 Å². The lowest BCUT2D eigenvalue weighted by molar-refractivity contribution is 0.0834. The number of benzene rings is 1. The van der Waals surface area contributed by atoms with Crippen LogP contribution in [-0.4, -0.2) is 13.1 Å². The molecule has 1 N–H and O–H groups in total. The molecule has 1 spiro atoms. The van der Waals surface area contributed by atoms with Crippen LogP contribution in [0.15, 0.2) is 28.7 Å². The molecule has 1 unspecified atom stereocenters. The van der Waals surface area contributed by atoms with Gasteiger partial charge in [0.05, 0.1) is 0 Å². The molecule has 19 heavy (non-hydrogen) atoms. The van der Waals surface area contributed by atoms with E-state index in [1.165, 1.54) is 48.7 Å². The average Bonchev–Trinajstić information content (AvgIpc) is 2.44. The first kappa shape index (κ1) is 13.6. The van der Waals surface area contributed by atoms with Gasteiger partial charge < -0.3 is 5.32 Å². The van der Waals surface area contributed by atoms with Crippen LogP contribution in [0.4, 0.5) is 0 Å². The Labute approximate surface area is 125 Å². The van der Waals surface area contributed by atoms with Crippen molar-refractivity contribution in [1.29, 1.82) is 0 Å². The van der Waals surface area contributed by atoms with Gasteiger partial charge in [-0.3, -0.25) is 0 Å². The zero-order valence-corrected chi connectivity index (χ0v) is 13.4. The number of hydrogen-bond donors (Lipinski definition) is 1. The molecule has 1 aromatic rings. The molecule has 104 valence electrons. The normalized spacial score (nSPS) is 35.5. The van der Waals surface area contributed by atoms with Gasteiger partial charge in [0.2, 0.25) is 0 Å². The molecule has 1 nitrogen and oxygen atoms in total. The molecule has 1 aromatic carbocycles. The zero-order chi connectivity index (χ0) is 13.3. The number of hydrogen-bond acceptors (Lipinski definition) is 1. The van der Waals surface area contributed by atoms with E-state index in [2.05, 4.69) is 52.4 Å². The lowest BCUT2D eigenvalue weighted by atomic mass is 9.59. The summed E-state index contributed by atoms with van der Waals surface area (Å²) < 4.78 is 1.19. The van der Waals surface area contributed by atoms with Crippen molar-refractivity contribution in [3.05, 3.63) is 34.3 Å². The highest BCUT2D eigenvalue weighted by atomic mass is 79.9. The summed E-state index contributed by atoms with van der Waals surface area (Å²) in [5, 5.41) is 3.62. The molecular formula is C17H24BrN. The average molecular weight is 322 g/mol. The second kappa shape index (κ2) is 5.57. The van der Waals surface area contributed by atoms with Gasteiger partial charge in [0, 0.05) is 16.9 Å². The van der Waals surface area contributed by atoms with Crippen molar-refractivity contribution in [3.8, 4) is 0 Å². The minimum absolute atomic E-state index is 0.575. The maximum absolute atomic E-state index is 3.62. The third-order valence-corrected chi connectivity index (χ3v) is 5.96. The first-order valence-electron chi connectivity index (χ1n) is 7.66. The highest BCUT2D eigenvalue weighted by Crippen LogP contribution is 2.52. The summed E-state index contributed by atoms with van der Waals surface area (Å²) in [7, 11) is 0. The van der Waals surface area contributed by atoms with Gasteiger partial charge in [0.15, 0.2) is 0 Å². The molecule has 0 amide bonds. The fourth-order valence-corrected chi connectivity index (χ4v) is 4.34. The summed E-state index contributed by atoms with van der Waals surface area (Å²) in [5.41, 5.74) is 2.11. The molecule has 1 saturated carbocycles. The second-order valence-electron chi connectivity index (χ2n) is 6.60. The molecule has 2 aliphatic rings. The number of halogens is 1. The van der Waals surface area contributed by atoms with Crippen LogP contribution >= 0.6 is 15.9 Å². The van der Waals surface area contributed by atoms with Crippen LogP contribution < -0.4 is 5.32 Å². The Kier molecular flexibility index (Phi) is 4.00. The topological polar surface area (TPSA) is 12.0 Å². The van der Waals surface area contributed by atoms with Gasteiger partial charge in [-0.05, 0) is 54.8 Å². The van der Waals surface area contributed by atoms with Gasteiger partial charge in [-0.15, -0.1) is 0 Å². The molecule has 2 fully saturated rings. The number of rotatable bonds is 1. The van der Waals surface area contributed by atoms with E-state index in [1.54, 1.807) is 0 Å². The smallest absolute Gasteiger partial charge is 0.0175 e. The summed E-state index contributed by atoms with van der Waals surface area (Å²) in [4.78, 5) is 0. The van der Waals surface area contributed by atoms with Crippen LogP contribution in [0.2, 0.25) is 0 Å². The molecule has 3 rings (SSSR count). The molecule has 0 aromatic heterocycles. The van der Waals surface area contributed by atoms with E-state index in [9.17, 15) is 0 Å². The van der Waals surface area contributed by atoms with Gasteiger partial charge >= 0.3 is 0 Å². The minimum atomic E-state index is 0.575. The van der Waals surface area contributed by atoms with Crippen molar-refractivity contribution in [1.82, 2.24) is 5.32 Å². The highest BCUT2D eigenvalue weighted by molar-refractivity contribution is 9.10. The summed E-state index contributed by atoms with van der Waals surface area (Å²) in [6.45, 7) is 4.79. The van der Waals surface area contributed by atoms with Gasteiger partial charge in [-0.1, -0.05) is 47.8 Å². The van der Waals surface area contributed by atoms with Crippen molar-refractivity contribution in [3.63, 3.8) is 0 Å². The van der Waals surface area contributed by atoms with Gasteiger partial charge in [-0.2, -0.15) is 0 Å². The molecule has 1 saturated heterocycles. The maximum atomic E-state index is 3.62. The second-order valence-corrected chi connectivity index (χ2v) is 7.52. The van der Waals surface area contributed by atoms with Crippen LogP contribution in [-0.2, 0) is 0 Å². The first-order valence-corrected chi connectivity index (χ1v) is 8.45. The standard InChI is InChI=1S/C17H24BrN/c1-13-6-8-17(9-7-13)10-11-19-12-16(17)14-2-4-15(18)5-3-14/h2-5,13,16,19H,6-12H2,1H3. The van der Waals surface area contributed by atoms with E-state index >= 15 is 0 Å². The van der Waals surface area contributed by atoms with Gasteiger partial charge in [0.25, 0.3) is 0 Å². The lowest BCUT2D eigenvalue weighted by Gasteiger charge is -2.48. The zero-order valence-electron chi connectivity index (χ0n) is 11.8. The Hall–Kier alpha value is -0.340. The Bertz CT molecular complexity index is 417. The van der Waals surface area contributed by atoms with E-state index in [0.29, 0.717) is 11.3 Å². The summed E-state index contributed by atoms with van der Waals surface area (Å²) in [6, 6.07) is 9.04. The van der Waals surface area contributed by atoms with E-state index in [4.69, 9.17) is 0 Å². The number of nitrogens with one attached hydrogen (secondary N) is 1. The fraction of sp³-hybridized carbons (Fsp3) is 0.647. The predicted octanol–water partition coefficient (Wildman–Crippen LogP) is 4.72. The Morgan fingerprint density at radius 2 is 1.79 bits per heavy atom. The molecule has 1 aliphatic heterocycles. The Morgan fingerprint density at radius 1 is 1.11 bits per heavy atom. The highest BCUT2D eigenvalue weighted by Gasteiger charge is 2.42. The molecule has 0 radical (unpaired) electrons. The van der Waals surface area contributed by atoms with Gasteiger partial charge in [0.1, 0.15) is 0 Å². The van der Waals surface area contributed by atoms with Crippen LogP contribution in [0, 0.1) is 11.3 Å². The third kappa shape index (κ3) is 2.75. The van der Waals surface area contributed by atoms with Crippen molar-refractivity contribution in [2.45, 2.75) is 44.9 Å². The van der Waals surface area contributed by atoms with Crippen molar-refractivity contribution < 1.29 is 0 Å². The number of piperidine rings is 1. The SMILES string of the molecule is CC1CCC2(CCNCC2c2ccc(Br)cc2)CC1. The lowest BCUT2D eigenvalue weighted by Crippen LogP contribution is -2.45. The maximum Gasteiger partial charge on any atom is 0.0175 e. The molecular weight excluding hydrogens is 298 g/mol. The molecule has 0 bridgehead atoms. The quantitative estimate of drug-likeness (QED) is 0.789. The summed E-state index contributed by atoms with van der Waals surface area (Å²) in [6.07, 6.45) is 7.06. The molecule has 2 heteroatoms. The van der Waals surface area contributed by atoms with Crippen LogP contribution in [0.25, 0.3) is 0 Å². The summed E-state index contributed by atoms with van der Waals surface area (Å²) >= 11 is 3.55. The fourth-order valence-electron chi connectivity index (χ4n) is 4.08. The largest absolute Gasteiger partial charge is 0.316 e. The van der Waals surface area contributed by atoms with E-state index in [0.717, 1.165) is 12.5 Å². The third-order valence-electron chi connectivity index (χ3n) is 5.43. The van der Waals surface area contributed by atoms with Gasteiger partial charge in [-0.25, -0.2) is 0 Å². The first-order chi connectivity index (χ1) is 9.20. The van der Waals surface area contributed by atoms with E-state index in [1.807, 2.05) is 0 Å². The van der Waals surface area contributed by atoms with Crippen LogP contribution in [0.5, 0.6) is 0 Å². The van der Waals surface area contributed by atoms with Crippen molar-refractivity contribution >= 4 is 15.9 Å². The molecule has 1 aliphatic carbocycles. The Balaban J connectivity index is 1.86. The van der Waals surface area contributed by atoms with Crippen molar-refractivity contribution in [2.24, 2.45) is 11.3 Å². The van der Waals surface area contributed by atoms with Crippen LogP contribution in [0.3, 0.4) is 0 Å². The molecule has 1 heterocycles. The summed E-state index contributed by atoms with van der Waals surface area (Å²) in [5.74, 6) is 1.65. The Morgan fingerprint density at radius 3 is 2.47 bits per heavy atom. The van der Waals surface area contributed by atoms with Crippen molar-refractivity contribution in [2.75, 3.05) is 13.1 Å². The van der Waals surface area contributed by atoms with E-state index in [-0.39, 0.29) is 0 Å². The molecule has 1 atom stereocenters. The van der Waals surface area contributed by atoms with E-state index < -0.39 is 0 Å². The monoisotopic (exact) mass is 321 g/mol.